The van der Waals surface area contributed by atoms with E-state index in [1.807, 2.05) is 18.5 Å². The summed E-state index contributed by atoms with van der Waals surface area (Å²) in [7, 11) is 0. The molecule has 0 unspecified atom stereocenters. The molecular formula is C19H31N. The van der Waals surface area contributed by atoms with Gasteiger partial charge in [0.05, 0.1) is 0 Å². The summed E-state index contributed by atoms with van der Waals surface area (Å²) in [5.74, 6) is 0. The van der Waals surface area contributed by atoms with Gasteiger partial charge in [0, 0.05) is 12.4 Å². The van der Waals surface area contributed by atoms with E-state index in [1.54, 1.807) is 0 Å². The fourth-order valence-corrected chi connectivity index (χ4v) is 2.71. The van der Waals surface area contributed by atoms with Gasteiger partial charge < -0.3 is 0 Å². The van der Waals surface area contributed by atoms with E-state index in [4.69, 9.17) is 0 Å². The van der Waals surface area contributed by atoms with Crippen molar-refractivity contribution >= 4 is 6.08 Å². The van der Waals surface area contributed by atoms with Gasteiger partial charge in [-0.15, -0.1) is 0 Å². The van der Waals surface area contributed by atoms with Gasteiger partial charge in [-0.05, 0) is 42.4 Å². The number of hydrogen-bond acceptors (Lipinski definition) is 1. The molecular weight excluding hydrogens is 242 g/mol. The Morgan fingerprint density at radius 1 is 0.850 bits per heavy atom. The van der Waals surface area contributed by atoms with Gasteiger partial charge in [0.1, 0.15) is 0 Å². The molecule has 0 bridgehead atoms. The van der Waals surface area contributed by atoms with Crippen molar-refractivity contribution in [3.05, 3.63) is 35.7 Å². The number of pyridine rings is 1. The molecule has 1 aromatic heterocycles. The lowest BCUT2D eigenvalue weighted by atomic mass is 9.96. The Morgan fingerprint density at radius 2 is 1.35 bits per heavy atom. The molecule has 0 saturated carbocycles. The van der Waals surface area contributed by atoms with E-state index < -0.39 is 0 Å². The summed E-state index contributed by atoms with van der Waals surface area (Å²) < 4.78 is 0. The minimum Gasteiger partial charge on any atom is -0.264 e. The average molecular weight is 273 g/mol. The first-order valence-electron chi connectivity index (χ1n) is 8.41. The molecule has 1 heterocycles. The molecule has 0 aliphatic carbocycles. The molecule has 0 aliphatic heterocycles. The fraction of sp³-hybridized carbons (Fsp3) is 0.632. The fourth-order valence-electron chi connectivity index (χ4n) is 2.71. The van der Waals surface area contributed by atoms with E-state index in [1.165, 1.54) is 68.1 Å². The summed E-state index contributed by atoms with van der Waals surface area (Å²) in [5.41, 5.74) is 4.14. The standard InChI is InChI=1S/C19H31N/c1-4-7-9-11-13-17-15-20-16-18(19(17)6-3)14-12-10-8-5-2/h6,15-16H,3-5,7-14H2,1-2H3. The highest BCUT2D eigenvalue weighted by Gasteiger charge is 2.06. The van der Waals surface area contributed by atoms with Crippen LogP contribution in [0.4, 0.5) is 0 Å². The first-order chi connectivity index (χ1) is 9.83. The SMILES string of the molecule is C=Cc1c(CCCCCC)cncc1CCCCCC. The Hall–Kier alpha value is -1.11. The van der Waals surface area contributed by atoms with E-state index in [9.17, 15) is 0 Å². The minimum absolute atomic E-state index is 1.15. The summed E-state index contributed by atoms with van der Waals surface area (Å²) in [5, 5.41) is 0. The van der Waals surface area contributed by atoms with Gasteiger partial charge in [-0.1, -0.05) is 65.0 Å². The number of aryl methyl sites for hydroxylation is 2. The van der Waals surface area contributed by atoms with Gasteiger partial charge >= 0.3 is 0 Å². The minimum atomic E-state index is 1.15. The van der Waals surface area contributed by atoms with Gasteiger partial charge in [-0.3, -0.25) is 4.98 Å². The van der Waals surface area contributed by atoms with E-state index in [0.717, 1.165) is 12.8 Å². The van der Waals surface area contributed by atoms with Crippen LogP contribution in [-0.2, 0) is 12.8 Å². The Balaban J connectivity index is 2.58. The smallest absolute Gasteiger partial charge is 0.0306 e. The largest absolute Gasteiger partial charge is 0.264 e. The second-order valence-corrected chi connectivity index (χ2v) is 5.70. The van der Waals surface area contributed by atoms with Gasteiger partial charge in [0.25, 0.3) is 0 Å². The van der Waals surface area contributed by atoms with Crippen molar-refractivity contribution in [2.45, 2.75) is 78.1 Å². The molecule has 1 nitrogen and oxygen atoms in total. The van der Waals surface area contributed by atoms with Crippen molar-refractivity contribution in [3.63, 3.8) is 0 Å². The highest BCUT2D eigenvalue weighted by atomic mass is 14.6. The highest BCUT2D eigenvalue weighted by molar-refractivity contribution is 5.55. The summed E-state index contributed by atoms with van der Waals surface area (Å²) in [6.45, 7) is 8.53. The van der Waals surface area contributed by atoms with Crippen LogP contribution < -0.4 is 0 Å². The predicted molar refractivity (Wildman–Crippen MR) is 90.0 cm³/mol. The first-order valence-corrected chi connectivity index (χ1v) is 8.41. The van der Waals surface area contributed by atoms with Gasteiger partial charge in [-0.25, -0.2) is 0 Å². The van der Waals surface area contributed by atoms with Crippen LogP contribution in [0.1, 0.15) is 81.9 Å². The van der Waals surface area contributed by atoms with Crippen LogP contribution in [0, 0.1) is 0 Å². The molecule has 0 aliphatic rings. The normalized spacial score (nSPS) is 10.7. The zero-order valence-corrected chi connectivity index (χ0v) is 13.5. The average Bonchev–Trinajstić information content (AvgIpc) is 2.48. The predicted octanol–water partition coefficient (Wildman–Crippen LogP) is 5.97. The van der Waals surface area contributed by atoms with Crippen LogP contribution in [0.5, 0.6) is 0 Å². The zero-order chi connectivity index (χ0) is 14.6. The van der Waals surface area contributed by atoms with Crippen LogP contribution in [0.3, 0.4) is 0 Å². The molecule has 0 N–H and O–H groups in total. The molecule has 0 fully saturated rings. The Labute approximate surface area is 125 Å². The number of unbranched alkanes of at least 4 members (excludes halogenated alkanes) is 6. The number of hydrogen-bond donors (Lipinski definition) is 0. The molecule has 0 amide bonds. The van der Waals surface area contributed by atoms with E-state index in [-0.39, 0.29) is 0 Å². The van der Waals surface area contributed by atoms with Gasteiger partial charge in [-0.2, -0.15) is 0 Å². The van der Waals surface area contributed by atoms with Crippen LogP contribution in [0.15, 0.2) is 19.0 Å². The number of nitrogens with zero attached hydrogens (tertiary/aromatic N) is 1. The molecule has 20 heavy (non-hydrogen) atoms. The molecule has 0 saturated heterocycles. The maximum Gasteiger partial charge on any atom is 0.0306 e. The van der Waals surface area contributed by atoms with Crippen molar-refractivity contribution in [1.82, 2.24) is 4.98 Å². The third-order valence-corrected chi connectivity index (χ3v) is 3.96. The quantitative estimate of drug-likeness (QED) is 0.453. The van der Waals surface area contributed by atoms with Crippen molar-refractivity contribution in [2.24, 2.45) is 0 Å². The first kappa shape index (κ1) is 16.9. The molecule has 112 valence electrons. The molecule has 1 aromatic rings. The van der Waals surface area contributed by atoms with Crippen molar-refractivity contribution < 1.29 is 0 Å². The molecule has 0 spiro atoms. The highest BCUT2D eigenvalue weighted by Crippen LogP contribution is 2.20. The van der Waals surface area contributed by atoms with Gasteiger partial charge in [0.2, 0.25) is 0 Å². The van der Waals surface area contributed by atoms with E-state index >= 15 is 0 Å². The molecule has 0 aromatic carbocycles. The van der Waals surface area contributed by atoms with Crippen LogP contribution in [-0.4, -0.2) is 4.98 Å². The van der Waals surface area contributed by atoms with Crippen LogP contribution >= 0.6 is 0 Å². The monoisotopic (exact) mass is 273 g/mol. The number of rotatable bonds is 11. The second kappa shape index (κ2) is 10.7. The lowest BCUT2D eigenvalue weighted by molar-refractivity contribution is 0.658. The van der Waals surface area contributed by atoms with Gasteiger partial charge in [0.15, 0.2) is 0 Å². The third kappa shape index (κ3) is 5.90. The third-order valence-electron chi connectivity index (χ3n) is 3.96. The van der Waals surface area contributed by atoms with Crippen LogP contribution in [0.2, 0.25) is 0 Å². The Kier molecular flexibility index (Phi) is 9.02. The molecule has 1 rings (SSSR count). The number of aromatic nitrogens is 1. The summed E-state index contributed by atoms with van der Waals surface area (Å²) >= 11 is 0. The lowest BCUT2D eigenvalue weighted by Gasteiger charge is -2.11. The Bertz CT molecular complexity index is 351. The van der Waals surface area contributed by atoms with Crippen molar-refractivity contribution in [3.8, 4) is 0 Å². The summed E-state index contributed by atoms with van der Waals surface area (Å²) in [4.78, 5) is 4.44. The molecule has 1 heteroatoms. The zero-order valence-electron chi connectivity index (χ0n) is 13.5. The lowest BCUT2D eigenvalue weighted by Crippen LogP contribution is -1.98. The summed E-state index contributed by atoms with van der Waals surface area (Å²) in [6, 6.07) is 0. The van der Waals surface area contributed by atoms with Crippen molar-refractivity contribution in [2.75, 3.05) is 0 Å². The van der Waals surface area contributed by atoms with E-state index in [0.29, 0.717) is 0 Å². The molecule has 0 atom stereocenters. The molecule has 0 radical (unpaired) electrons. The van der Waals surface area contributed by atoms with Crippen LogP contribution in [0.25, 0.3) is 6.08 Å². The summed E-state index contributed by atoms with van der Waals surface area (Å²) in [6.07, 6.45) is 18.9. The topological polar surface area (TPSA) is 12.9 Å². The van der Waals surface area contributed by atoms with Crippen molar-refractivity contribution in [1.29, 1.82) is 0 Å². The maximum atomic E-state index is 4.44. The van der Waals surface area contributed by atoms with E-state index in [2.05, 4.69) is 25.4 Å². The Morgan fingerprint density at radius 3 is 1.75 bits per heavy atom. The maximum absolute atomic E-state index is 4.44. The second-order valence-electron chi connectivity index (χ2n) is 5.70.